The van der Waals surface area contributed by atoms with Gasteiger partial charge in [0.1, 0.15) is 11.5 Å². The molecule has 0 unspecified atom stereocenters. The van der Waals surface area contributed by atoms with Crippen molar-refractivity contribution in [3.8, 4) is 11.3 Å². The largest absolute Gasteiger partial charge is 0.350 e. The average molecular weight is 350 g/mol. The van der Waals surface area contributed by atoms with Gasteiger partial charge in [-0.15, -0.1) is 0 Å². The first kappa shape index (κ1) is 16.5. The molecule has 0 spiro atoms. The van der Waals surface area contributed by atoms with E-state index in [-0.39, 0.29) is 23.5 Å². The van der Waals surface area contributed by atoms with Crippen LogP contribution in [0.5, 0.6) is 0 Å². The minimum Gasteiger partial charge on any atom is -0.350 e. The molecular formula is C21H19FN2O2. The molecule has 0 bridgehead atoms. The zero-order valence-corrected chi connectivity index (χ0v) is 14.5. The summed E-state index contributed by atoms with van der Waals surface area (Å²) in [5.74, 6) is -0.256. The zero-order valence-electron chi connectivity index (χ0n) is 14.5. The molecule has 1 aliphatic rings. The Labute approximate surface area is 151 Å². The van der Waals surface area contributed by atoms with Gasteiger partial charge in [0.2, 0.25) is 5.76 Å². The Hall–Kier alpha value is -2.95. The van der Waals surface area contributed by atoms with Gasteiger partial charge in [0, 0.05) is 18.2 Å². The normalized spacial score (nSPS) is 16.8. The summed E-state index contributed by atoms with van der Waals surface area (Å²) in [6, 6.07) is 15.8. The predicted molar refractivity (Wildman–Crippen MR) is 96.1 cm³/mol. The molecule has 3 aromatic rings. The molecule has 1 amide bonds. The van der Waals surface area contributed by atoms with E-state index in [9.17, 15) is 9.18 Å². The molecule has 5 heteroatoms. The van der Waals surface area contributed by atoms with E-state index in [1.54, 1.807) is 18.2 Å². The maximum atomic E-state index is 13.1. The zero-order chi connectivity index (χ0) is 18.1. The van der Waals surface area contributed by atoms with E-state index in [0.717, 1.165) is 12.8 Å². The van der Waals surface area contributed by atoms with Crippen molar-refractivity contribution in [3.05, 3.63) is 77.3 Å². The summed E-state index contributed by atoms with van der Waals surface area (Å²) in [5, 5.41) is 3.98. The van der Waals surface area contributed by atoms with Crippen LogP contribution in [-0.4, -0.2) is 22.5 Å². The first-order chi connectivity index (χ1) is 12.6. The van der Waals surface area contributed by atoms with Crippen molar-refractivity contribution in [2.24, 2.45) is 0 Å². The number of aryl methyl sites for hydroxylation is 1. The summed E-state index contributed by atoms with van der Waals surface area (Å²) in [6.45, 7) is 2.77. The molecule has 132 valence electrons. The highest BCUT2D eigenvalue weighted by atomic mass is 19.1. The maximum Gasteiger partial charge on any atom is 0.292 e. The molecule has 1 aliphatic heterocycles. The van der Waals surface area contributed by atoms with Crippen LogP contribution >= 0.6 is 0 Å². The van der Waals surface area contributed by atoms with E-state index in [2.05, 4.69) is 24.2 Å². The molecule has 2 heterocycles. The fourth-order valence-corrected chi connectivity index (χ4v) is 3.57. The number of amides is 1. The predicted octanol–water partition coefficient (Wildman–Crippen LogP) is 4.77. The summed E-state index contributed by atoms with van der Waals surface area (Å²) in [6.07, 6.45) is 1.90. The number of aromatic nitrogens is 1. The molecule has 2 aromatic carbocycles. The van der Waals surface area contributed by atoms with Crippen molar-refractivity contribution in [2.75, 3.05) is 6.54 Å². The lowest BCUT2D eigenvalue weighted by molar-refractivity contribution is 0.0693. The van der Waals surface area contributed by atoms with Crippen molar-refractivity contribution in [1.29, 1.82) is 0 Å². The fourth-order valence-electron chi connectivity index (χ4n) is 3.57. The summed E-state index contributed by atoms with van der Waals surface area (Å²) in [7, 11) is 0. The minimum absolute atomic E-state index is 0.0584. The molecule has 0 aliphatic carbocycles. The third-order valence-electron chi connectivity index (χ3n) is 4.92. The van der Waals surface area contributed by atoms with E-state index in [0.29, 0.717) is 17.8 Å². The monoisotopic (exact) mass is 350 g/mol. The summed E-state index contributed by atoms with van der Waals surface area (Å²) >= 11 is 0. The van der Waals surface area contributed by atoms with Gasteiger partial charge in [0.05, 0.1) is 6.04 Å². The quantitative estimate of drug-likeness (QED) is 0.684. The Morgan fingerprint density at radius 1 is 1.19 bits per heavy atom. The number of hydrogen-bond donors (Lipinski definition) is 0. The Kier molecular flexibility index (Phi) is 4.29. The van der Waals surface area contributed by atoms with Gasteiger partial charge in [0.25, 0.3) is 5.91 Å². The first-order valence-electron chi connectivity index (χ1n) is 8.72. The van der Waals surface area contributed by atoms with Crippen LogP contribution in [0.3, 0.4) is 0 Å². The Balaban J connectivity index is 1.59. The summed E-state index contributed by atoms with van der Waals surface area (Å²) in [5.41, 5.74) is 3.60. The van der Waals surface area contributed by atoms with Crippen molar-refractivity contribution in [3.63, 3.8) is 0 Å². The van der Waals surface area contributed by atoms with E-state index in [4.69, 9.17) is 4.52 Å². The number of likely N-dealkylation sites (tertiary alicyclic amines) is 1. The second-order valence-electron chi connectivity index (χ2n) is 6.60. The van der Waals surface area contributed by atoms with Gasteiger partial charge in [-0.05, 0) is 55.2 Å². The molecule has 1 saturated heterocycles. The van der Waals surface area contributed by atoms with Gasteiger partial charge in [-0.2, -0.15) is 0 Å². The number of hydrogen-bond acceptors (Lipinski definition) is 3. The second-order valence-corrected chi connectivity index (χ2v) is 6.60. The average Bonchev–Trinajstić information content (AvgIpc) is 3.32. The van der Waals surface area contributed by atoms with Crippen molar-refractivity contribution >= 4 is 5.91 Å². The fraction of sp³-hybridized carbons (Fsp3) is 0.238. The van der Waals surface area contributed by atoms with Crippen molar-refractivity contribution in [1.82, 2.24) is 10.1 Å². The number of carbonyl (C=O) groups is 1. The molecule has 0 saturated carbocycles. The first-order valence-corrected chi connectivity index (χ1v) is 8.72. The lowest BCUT2D eigenvalue weighted by Crippen LogP contribution is -2.30. The highest BCUT2D eigenvalue weighted by Gasteiger charge is 2.33. The standard InChI is InChI=1S/C21H19FN2O2/c1-14-5-2-3-6-17(14)19-7-4-12-24(19)21(25)20-13-18(23-26-20)15-8-10-16(22)11-9-15/h2-3,5-6,8-11,13,19H,4,7,12H2,1H3/t19-/m0/s1. The van der Waals surface area contributed by atoms with Gasteiger partial charge >= 0.3 is 0 Å². The summed E-state index contributed by atoms with van der Waals surface area (Å²) in [4.78, 5) is 14.8. The van der Waals surface area contributed by atoms with Gasteiger partial charge < -0.3 is 9.42 Å². The van der Waals surface area contributed by atoms with Crippen molar-refractivity contribution in [2.45, 2.75) is 25.8 Å². The highest BCUT2D eigenvalue weighted by Crippen LogP contribution is 2.35. The van der Waals surface area contributed by atoms with Gasteiger partial charge in [-0.3, -0.25) is 4.79 Å². The highest BCUT2D eigenvalue weighted by molar-refractivity contribution is 5.93. The Morgan fingerprint density at radius 3 is 2.73 bits per heavy atom. The number of carbonyl (C=O) groups excluding carboxylic acids is 1. The van der Waals surface area contributed by atoms with Crippen LogP contribution in [0.1, 0.15) is 40.6 Å². The maximum absolute atomic E-state index is 13.1. The Bertz CT molecular complexity index is 933. The van der Waals surface area contributed by atoms with Crippen LogP contribution < -0.4 is 0 Å². The molecule has 0 radical (unpaired) electrons. The SMILES string of the molecule is Cc1ccccc1[C@@H]1CCCN1C(=O)c1cc(-c2ccc(F)cc2)no1. The molecule has 26 heavy (non-hydrogen) atoms. The number of halogens is 1. The lowest BCUT2D eigenvalue weighted by Gasteiger charge is -2.25. The van der Waals surface area contributed by atoms with Crippen LogP contribution in [0.4, 0.5) is 4.39 Å². The van der Waals surface area contributed by atoms with Crippen LogP contribution in [0.25, 0.3) is 11.3 Å². The van der Waals surface area contributed by atoms with Crippen LogP contribution in [0.2, 0.25) is 0 Å². The van der Waals surface area contributed by atoms with E-state index in [1.165, 1.54) is 23.3 Å². The molecule has 0 N–H and O–H groups in total. The number of benzene rings is 2. The molecule has 1 fully saturated rings. The topological polar surface area (TPSA) is 46.3 Å². The second kappa shape index (κ2) is 6.75. The summed E-state index contributed by atoms with van der Waals surface area (Å²) < 4.78 is 18.4. The Morgan fingerprint density at radius 2 is 1.96 bits per heavy atom. The van der Waals surface area contributed by atoms with E-state index in [1.807, 2.05) is 17.0 Å². The molecule has 1 atom stereocenters. The molecular weight excluding hydrogens is 331 g/mol. The third-order valence-corrected chi connectivity index (χ3v) is 4.92. The van der Waals surface area contributed by atoms with Crippen molar-refractivity contribution < 1.29 is 13.7 Å². The molecule has 4 nitrogen and oxygen atoms in total. The third kappa shape index (κ3) is 3.01. The van der Waals surface area contributed by atoms with Gasteiger partial charge in [0.15, 0.2) is 0 Å². The smallest absolute Gasteiger partial charge is 0.292 e. The lowest BCUT2D eigenvalue weighted by atomic mass is 9.99. The number of rotatable bonds is 3. The minimum atomic E-state index is -0.313. The van der Waals surface area contributed by atoms with E-state index < -0.39 is 0 Å². The van der Waals surface area contributed by atoms with Crippen LogP contribution in [0, 0.1) is 12.7 Å². The molecule has 1 aromatic heterocycles. The van der Waals surface area contributed by atoms with Crippen LogP contribution in [-0.2, 0) is 0 Å². The van der Waals surface area contributed by atoms with E-state index >= 15 is 0 Å². The van der Waals surface area contributed by atoms with Gasteiger partial charge in [-0.25, -0.2) is 4.39 Å². The molecule has 4 rings (SSSR count). The van der Waals surface area contributed by atoms with Gasteiger partial charge in [-0.1, -0.05) is 29.4 Å². The number of nitrogens with zero attached hydrogens (tertiary/aromatic N) is 2. The van der Waals surface area contributed by atoms with Crippen LogP contribution in [0.15, 0.2) is 59.1 Å².